The highest BCUT2D eigenvalue weighted by Crippen LogP contribution is 2.65. The molecule has 1 heterocycles. The van der Waals surface area contributed by atoms with Crippen LogP contribution in [-0.4, -0.2) is 70.9 Å². The molecular weight excluding hydrogens is 639 g/mol. The van der Waals surface area contributed by atoms with E-state index in [1.807, 2.05) is 20.8 Å². The largest absolute Gasteiger partial charge is 0.385 e. The molecule has 4 fully saturated rings. The Morgan fingerprint density at radius 1 is 0.980 bits per heavy atom. The molecule has 4 aliphatic rings. The molecule has 0 radical (unpaired) electrons. The normalized spacial score (nSPS) is 35.0. The van der Waals surface area contributed by atoms with Gasteiger partial charge in [0.05, 0.1) is 16.5 Å². The second-order valence-corrected chi connectivity index (χ2v) is 20.7. The Balaban J connectivity index is 1.74. The second-order valence-electron chi connectivity index (χ2n) is 17.9. The van der Waals surface area contributed by atoms with Crippen molar-refractivity contribution in [2.75, 3.05) is 12.3 Å². The summed E-state index contributed by atoms with van der Waals surface area (Å²) in [5, 5.41) is 11.2. The van der Waals surface area contributed by atoms with Gasteiger partial charge in [-0.05, 0) is 92.7 Å². The number of unbranched alkanes of at least 4 members (excludes halogenated alkanes) is 1. The minimum absolute atomic E-state index is 0.0701. The molecule has 0 bridgehead atoms. The van der Waals surface area contributed by atoms with Crippen molar-refractivity contribution in [3.05, 3.63) is 0 Å². The van der Waals surface area contributed by atoms with Crippen LogP contribution in [0.5, 0.6) is 0 Å². The lowest BCUT2D eigenvalue weighted by Crippen LogP contribution is -2.51. The van der Waals surface area contributed by atoms with Crippen LogP contribution in [0.15, 0.2) is 0 Å². The maximum atomic E-state index is 14.8. The first kappa shape index (κ1) is 28.0. The third kappa shape index (κ3) is 9.25. The number of likely N-dealkylation sites (tertiary alicyclic amines) is 1. The number of nitrogens with zero attached hydrogens (tertiary/aromatic N) is 1. The lowest BCUT2D eigenvalue weighted by Gasteiger charge is -2.40. The van der Waals surface area contributed by atoms with Crippen LogP contribution in [0.2, 0.25) is 0 Å². The van der Waals surface area contributed by atoms with E-state index in [0.717, 1.165) is 19.3 Å². The summed E-state index contributed by atoms with van der Waals surface area (Å²) >= 11 is 0. The summed E-state index contributed by atoms with van der Waals surface area (Å²) in [6.45, 7) is 14.8. The number of hydrogen-bond acceptors (Lipinski definition) is 7. The molecule has 1 aliphatic heterocycles. The van der Waals surface area contributed by atoms with Crippen LogP contribution < -0.4 is 0 Å². The molecule has 0 spiro atoms. The first-order chi connectivity index (χ1) is 26.3. The van der Waals surface area contributed by atoms with Gasteiger partial charge in [0.15, 0.2) is 21.4 Å². The summed E-state index contributed by atoms with van der Waals surface area (Å²) in [4.78, 5) is 58.2. The lowest BCUT2D eigenvalue weighted by molar-refractivity contribution is -0.148. The zero-order valence-corrected chi connectivity index (χ0v) is 31.9. The molecule has 280 valence electrons. The van der Waals surface area contributed by atoms with Crippen LogP contribution in [-0.2, 0) is 29.0 Å². The van der Waals surface area contributed by atoms with E-state index in [-0.39, 0.29) is 54.1 Å². The third-order valence-corrected chi connectivity index (χ3v) is 14.3. The number of carbonyl (C=O) groups is 4. The molecule has 1 amide bonds. The van der Waals surface area contributed by atoms with E-state index in [1.165, 1.54) is 25.7 Å². The zero-order chi connectivity index (χ0) is 45.7. The number of amides is 1. The fraction of sp³-hybridized carbons (Fsp3) is 0.900. The number of carbonyl (C=O) groups excluding carboxylic acids is 4. The first-order valence-corrected chi connectivity index (χ1v) is 19.8. The van der Waals surface area contributed by atoms with Crippen LogP contribution >= 0.6 is 0 Å². The third-order valence-electron chi connectivity index (χ3n) is 11.5. The number of sulfone groups is 1. The number of aliphatic hydroxyl groups excluding tert-OH is 1. The number of hydrogen-bond donors (Lipinski definition) is 1. The topological polar surface area (TPSA) is 126 Å². The predicted octanol–water partition coefficient (Wildman–Crippen LogP) is 7.14. The Morgan fingerprint density at radius 3 is 2.12 bits per heavy atom. The van der Waals surface area contributed by atoms with E-state index in [9.17, 15) is 32.7 Å². The molecule has 0 aromatic heterocycles. The van der Waals surface area contributed by atoms with Gasteiger partial charge in [-0.3, -0.25) is 19.2 Å². The van der Waals surface area contributed by atoms with Gasteiger partial charge in [0.1, 0.15) is 11.9 Å². The van der Waals surface area contributed by atoms with Gasteiger partial charge in [0, 0.05) is 51.9 Å². The SMILES string of the molecule is [2H]C1([2H])C([2H])([2H])C([2H])([2H])C(CC(=O)C[C@H](C(=O)N2CC3[C@@H](C2C(=O)C[C@@H](CCCC)C(O)C(=O)CC2CC2)C3(C)C)C(C)(C)C)(CS(=O)(=O)C(C)(C)C)C([2H])([2H])C1([2H])[2H]. The van der Waals surface area contributed by atoms with Crippen LogP contribution in [0.3, 0.4) is 0 Å². The molecule has 49 heavy (non-hydrogen) atoms. The molecule has 9 heteroatoms. The summed E-state index contributed by atoms with van der Waals surface area (Å²) in [5.41, 5.74) is -4.67. The Labute approximate surface area is 311 Å². The highest BCUT2D eigenvalue weighted by molar-refractivity contribution is 7.92. The predicted molar refractivity (Wildman–Crippen MR) is 193 cm³/mol. The summed E-state index contributed by atoms with van der Waals surface area (Å²) < 4.78 is 113. The number of rotatable bonds is 17. The van der Waals surface area contributed by atoms with Gasteiger partial charge < -0.3 is 10.0 Å². The van der Waals surface area contributed by atoms with E-state index < -0.39 is 112 Å². The van der Waals surface area contributed by atoms with Crippen molar-refractivity contribution in [1.29, 1.82) is 0 Å². The highest BCUT2D eigenvalue weighted by Gasteiger charge is 2.69. The second kappa shape index (κ2) is 14.8. The van der Waals surface area contributed by atoms with E-state index in [4.69, 9.17) is 13.7 Å². The average molecular weight is 716 g/mol. The zero-order valence-electron chi connectivity index (χ0n) is 41.1. The number of Topliss-reactive ketones (excluding diaryl/α,β-unsaturated/α-hetero) is 3. The van der Waals surface area contributed by atoms with Crippen LogP contribution in [0, 0.1) is 45.8 Å². The maximum Gasteiger partial charge on any atom is 0.227 e. The number of aliphatic hydroxyl groups is 1. The van der Waals surface area contributed by atoms with Gasteiger partial charge >= 0.3 is 0 Å². The Bertz CT molecular complexity index is 1750. The maximum absolute atomic E-state index is 14.8. The standard InChI is InChI=1S/C40H67NO7S/c1-10-11-15-27(35(45)32(44)20-26-16-17-26)21-31(43)34-33-30(39(33,8)9)24-41(34)36(46)29(37(2,3)4)22-28(42)23-40(18-13-12-14-19-40)25-49(47,48)38(5,6)7/h26-27,29-30,33-35,45H,10-25H2,1-9H3/t27-,29-,30?,33+,34?,35?/m1/s1/i12D2,13D2,14D2,18D2,19D2. The first-order valence-electron chi connectivity index (χ1n) is 23.1. The molecule has 1 saturated heterocycles. The van der Waals surface area contributed by atoms with Crippen molar-refractivity contribution in [3.63, 3.8) is 0 Å². The molecule has 0 aromatic carbocycles. The molecule has 4 rings (SSSR count). The number of ketones is 3. The van der Waals surface area contributed by atoms with Gasteiger partial charge in [0.2, 0.25) is 5.91 Å². The summed E-state index contributed by atoms with van der Waals surface area (Å²) in [5.74, 6) is -5.79. The van der Waals surface area contributed by atoms with Crippen molar-refractivity contribution in [2.24, 2.45) is 45.8 Å². The van der Waals surface area contributed by atoms with Gasteiger partial charge in [-0.2, -0.15) is 0 Å². The van der Waals surface area contributed by atoms with Crippen molar-refractivity contribution >= 4 is 33.1 Å². The number of fused-ring (bicyclic) bond motifs is 1. The van der Waals surface area contributed by atoms with Gasteiger partial charge in [0.25, 0.3) is 0 Å². The van der Waals surface area contributed by atoms with Gasteiger partial charge in [-0.1, -0.05) is 73.5 Å². The average Bonchev–Trinajstić information content (AvgIpc) is 3.93. The summed E-state index contributed by atoms with van der Waals surface area (Å²) in [6.07, 6.45) is -18.8. The van der Waals surface area contributed by atoms with E-state index in [0.29, 0.717) is 12.8 Å². The summed E-state index contributed by atoms with van der Waals surface area (Å²) in [7, 11) is -4.67. The molecule has 3 saturated carbocycles. The number of piperidine rings is 1. The van der Waals surface area contributed by atoms with Crippen molar-refractivity contribution in [2.45, 2.75) is 169 Å². The minimum atomic E-state index is -4.67. The molecule has 0 aromatic rings. The molecule has 8 nitrogen and oxygen atoms in total. The molecule has 3 aliphatic carbocycles. The van der Waals surface area contributed by atoms with Crippen molar-refractivity contribution in [1.82, 2.24) is 4.90 Å². The van der Waals surface area contributed by atoms with Crippen LogP contribution in [0.4, 0.5) is 0 Å². The highest BCUT2D eigenvalue weighted by atomic mass is 32.2. The Kier molecular flexibility index (Phi) is 8.44. The monoisotopic (exact) mass is 716 g/mol. The van der Waals surface area contributed by atoms with E-state index >= 15 is 0 Å². The quantitative estimate of drug-likeness (QED) is 0.170. The smallest absolute Gasteiger partial charge is 0.227 e. The van der Waals surface area contributed by atoms with Gasteiger partial charge in [-0.25, -0.2) is 8.42 Å². The Hall–Kier alpha value is -1.61. The molecule has 1 N–H and O–H groups in total. The lowest BCUT2D eigenvalue weighted by atomic mass is 9.70. The van der Waals surface area contributed by atoms with Crippen molar-refractivity contribution in [3.8, 4) is 0 Å². The van der Waals surface area contributed by atoms with Crippen molar-refractivity contribution < 1.29 is 46.4 Å². The Morgan fingerprint density at radius 2 is 1.59 bits per heavy atom. The summed E-state index contributed by atoms with van der Waals surface area (Å²) in [6, 6.07) is -0.941. The molecular formula is C40H67NO7S. The fourth-order valence-corrected chi connectivity index (χ4v) is 9.14. The van der Waals surface area contributed by atoms with Gasteiger partial charge in [-0.15, -0.1) is 0 Å². The fourth-order valence-electron chi connectivity index (χ4n) is 7.81. The van der Waals surface area contributed by atoms with E-state index in [2.05, 4.69) is 0 Å². The molecule has 3 unspecified atom stereocenters. The minimum Gasteiger partial charge on any atom is -0.385 e. The van der Waals surface area contributed by atoms with Crippen LogP contribution in [0.25, 0.3) is 0 Å². The van der Waals surface area contributed by atoms with Crippen LogP contribution in [0.1, 0.15) is 166 Å². The van der Waals surface area contributed by atoms with E-state index in [1.54, 1.807) is 20.8 Å². The molecule has 6 atom stereocenters.